The molecule has 0 aliphatic carbocycles. The van der Waals surface area contributed by atoms with Crippen LogP contribution in [-0.4, -0.2) is 6.04 Å². The minimum atomic E-state index is 0.0569. The molecule has 2 atom stereocenters. The van der Waals surface area contributed by atoms with E-state index in [-0.39, 0.29) is 6.04 Å². The average Bonchev–Trinajstić information content (AvgIpc) is 2.48. The molecule has 0 bridgehead atoms. The van der Waals surface area contributed by atoms with Crippen molar-refractivity contribution in [2.45, 2.75) is 38.8 Å². The van der Waals surface area contributed by atoms with E-state index in [0.717, 1.165) is 16.5 Å². The zero-order valence-electron chi connectivity index (χ0n) is 12.5. The zero-order chi connectivity index (χ0) is 15.0. The Kier molecular flexibility index (Phi) is 4.05. The van der Waals surface area contributed by atoms with E-state index in [1.54, 1.807) is 0 Å². The predicted molar refractivity (Wildman–Crippen MR) is 93.1 cm³/mol. The lowest BCUT2D eigenvalue weighted by Crippen LogP contribution is -2.33. The Morgan fingerprint density at radius 1 is 1.19 bits per heavy atom. The Hall–Kier alpha value is -1.32. The van der Waals surface area contributed by atoms with Gasteiger partial charge in [0.1, 0.15) is 0 Å². The van der Waals surface area contributed by atoms with Crippen molar-refractivity contribution in [2.24, 2.45) is 5.73 Å². The van der Waals surface area contributed by atoms with Crippen LogP contribution in [0.25, 0.3) is 0 Å². The molecule has 2 N–H and O–H groups in total. The Morgan fingerprint density at radius 3 is 2.67 bits per heavy atom. The first-order valence-corrected chi connectivity index (χ1v) is 8.29. The van der Waals surface area contributed by atoms with Gasteiger partial charge in [0, 0.05) is 22.2 Å². The smallest absolute Gasteiger partial charge is 0.0557 e. The van der Waals surface area contributed by atoms with Crippen LogP contribution in [0.2, 0.25) is 0 Å². The number of hydrogen-bond donors (Lipinski definition) is 1. The lowest BCUT2D eigenvalue weighted by atomic mass is 9.95. The van der Waals surface area contributed by atoms with Crippen molar-refractivity contribution in [3.63, 3.8) is 0 Å². The van der Waals surface area contributed by atoms with E-state index in [9.17, 15) is 0 Å². The number of nitrogens with zero attached hydrogens (tertiary/aromatic N) is 1. The topological polar surface area (TPSA) is 29.3 Å². The molecule has 2 aromatic rings. The van der Waals surface area contributed by atoms with Crippen LogP contribution in [0.15, 0.2) is 46.9 Å². The molecule has 3 rings (SSSR count). The molecular weight excluding hydrogens is 324 g/mol. The Morgan fingerprint density at radius 2 is 1.95 bits per heavy atom. The van der Waals surface area contributed by atoms with Crippen LogP contribution in [-0.2, 0) is 6.42 Å². The van der Waals surface area contributed by atoms with Crippen LogP contribution in [0, 0.1) is 0 Å². The van der Waals surface area contributed by atoms with Crippen molar-refractivity contribution in [1.82, 2.24) is 0 Å². The molecule has 0 saturated carbocycles. The molecule has 2 nitrogen and oxygen atoms in total. The van der Waals surface area contributed by atoms with Crippen LogP contribution >= 0.6 is 15.9 Å². The number of para-hydroxylation sites is 1. The molecule has 0 amide bonds. The highest BCUT2D eigenvalue weighted by atomic mass is 79.9. The Bertz CT molecular complexity index is 651. The fraction of sp³-hybridized carbons (Fsp3) is 0.333. The van der Waals surface area contributed by atoms with Crippen LogP contribution in [0.3, 0.4) is 0 Å². The van der Waals surface area contributed by atoms with Gasteiger partial charge in [-0.2, -0.15) is 0 Å². The maximum atomic E-state index is 5.98. The van der Waals surface area contributed by atoms with E-state index in [1.165, 1.54) is 23.4 Å². The van der Waals surface area contributed by atoms with Gasteiger partial charge >= 0.3 is 0 Å². The van der Waals surface area contributed by atoms with E-state index >= 15 is 0 Å². The molecule has 1 heterocycles. The summed E-state index contributed by atoms with van der Waals surface area (Å²) < 4.78 is 1.11. The molecule has 2 aromatic carbocycles. The number of nitrogens with two attached hydrogens (primary N) is 1. The highest BCUT2D eigenvalue weighted by Gasteiger charge is 2.25. The molecule has 1 aliphatic heterocycles. The van der Waals surface area contributed by atoms with Crippen molar-refractivity contribution in [3.8, 4) is 0 Å². The van der Waals surface area contributed by atoms with Crippen LogP contribution in [0.4, 0.5) is 11.4 Å². The van der Waals surface area contributed by atoms with Gasteiger partial charge in [0.05, 0.1) is 5.69 Å². The Labute approximate surface area is 135 Å². The number of rotatable bonds is 2. The van der Waals surface area contributed by atoms with Gasteiger partial charge < -0.3 is 10.6 Å². The van der Waals surface area contributed by atoms with Crippen molar-refractivity contribution in [1.29, 1.82) is 0 Å². The minimum Gasteiger partial charge on any atom is -0.337 e. The maximum absolute atomic E-state index is 5.98. The second kappa shape index (κ2) is 5.82. The minimum absolute atomic E-state index is 0.0569. The average molecular weight is 345 g/mol. The largest absolute Gasteiger partial charge is 0.337 e. The van der Waals surface area contributed by atoms with Gasteiger partial charge in [0.15, 0.2) is 0 Å². The normalized spacial score (nSPS) is 19.2. The van der Waals surface area contributed by atoms with Crippen molar-refractivity contribution in [3.05, 3.63) is 58.1 Å². The Balaban J connectivity index is 2.07. The van der Waals surface area contributed by atoms with Crippen molar-refractivity contribution in [2.75, 3.05) is 4.90 Å². The first kappa shape index (κ1) is 14.6. The van der Waals surface area contributed by atoms with Crippen molar-refractivity contribution >= 4 is 27.3 Å². The summed E-state index contributed by atoms with van der Waals surface area (Å²) in [6.45, 7) is 4.31. The first-order valence-electron chi connectivity index (χ1n) is 7.50. The summed E-state index contributed by atoms with van der Waals surface area (Å²) >= 11 is 3.73. The third-order valence-corrected chi connectivity index (χ3v) is 4.92. The highest BCUT2D eigenvalue weighted by Crippen LogP contribution is 2.40. The van der Waals surface area contributed by atoms with Crippen LogP contribution in [0.1, 0.15) is 37.4 Å². The summed E-state index contributed by atoms with van der Waals surface area (Å²) in [5.74, 6) is 0. The molecule has 21 heavy (non-hydrogen) atoms. The number of hydrogen-bond acceptors (Lipinski definition) is 2. The number of anilines is 2. The molecule has 1 aliphatic rings. The number of aryl methyl sites for hydroxylation is 1. The second-order valence-electron chi connectivity index (χ2n) is 5.89. The summed E-state index contributed by atoms with van der Waals surface area (Å²) in [7, 11) is 0. The van der Waals surface area contributed by atoms with E-state index in [4.69, 9.17) is 5.73 Å². The van der Waals surface area contributed by atoms with Crippen LogP contribution in [0.5, 0.6) is 0 Å². The van der Waals surface area contributed by atoms with Gasteiger partial charge in [0.25, 0.3) is 0 Å². The molecule has 0 fully saturated rings. The lowest BCUT2D eigenvalue weighted by molar-refractivity contribution is 0.617. The van der Waals surface area contributed by atoms with E-state index in [1.807, 2.05) is 6.92 Å². The first-order chi connectivity index (χ1) is 10.1. The molecule has 0 saturated heterocycles. The second-order valence-corrected chi connectivity index (χ2v) is 6.74. The highest BCUT2D eigenvalue weighted by molar-refractivity contribution is 9.10. The molecule has 0 radical (unpaired) electrons. The number of halogens is 1. The maximum Gasteiger partial charge on any atom is 0.0557 e. The molecule has 0 spiro atoms. The molecule has 110 valence electrons. The van der Waals surface area contributed by atoms with Crippen molar-refractivity contribution < 1.29 is 0 Å². The standard InChI is InChI=1S/C18H21BrN2/c1-12-7-8-14-5-3-4-6-17(14)21(12)18-10-9-15(13(2)20)11-16(18)19/h3-6,9-13H,7-8,20H2,1-2H3/t12?,13-/m0/s1. The third kappa shape index (κ3) is 2.72. The fourth-order valence-electron chi connectivity index (χ4n) is 3.06. The van der Waals surface area contributed by atoms with Crippen LogP contribution < -0.4 is 10.6 Å². The lowest BCUT2D eigenvalue weighted by Gasteiger charge is -2.37. The predicted octanol–water partition coefficient (Wildman–Crippen LogP) is 4.94. The quantitative estimate of drug-likeness (QED) is 0.835. The van der Waals surface area contributed by atoms with Gasteiger partial charge in [-0.05, 0) is 71.9 Å². The number of fused-ring (bicyclic) bond motifs is 1. The molecule has 1 unspecified atom stereocenters. The fourth-order valence-corrected chi connectivity index (χ4v) is 3.64. The van der Waals surface area contributed by atoms with E-state index in [0.29, 0.717) is 6.04 Å². The molecule has 0 aromatic heterocycles. The SMILES string of the molecule is CC1CCc2ccccc2N1c1ccc([C@H](C)N)cc1Br. The number of benzene rings is 2. The summed E-state index contributed by atoms with van der Waals surface area (Å²) in [6, 6.07) is 15.7. The molecular formula is C18H21BrN2. The summed E-state index contributed by atoms with van der Waals surface area (Å²) in [4.78, 5) is 2.44. The third-order valence-electron chi connectivity index (χ3n) is 4.28. The van der Waals surface area contributed by atoms with Gasteiger partial charge in [-0.25, -0.2) is 0 Å². The monoisotopic (exact) mass is 344 g/mol. The van der Waals surface area contributed by atoms with E-state index < -0.39 is 0 Å². The van der Waals surface area contributed by atoms with E-state index in [2.05, 4.69) is 70.2 Å². The van der Waals surface area contributed by atoms with Gasteiger partial charge in [-0.3, -0.25) is 0 Å². The van der Waals surface area contributed by atoms with Gasteiger partial charge in [-0.1, -0.05) is 24.3 Å². The summed E-state index contributed by atoms with van der Waals surface area (Å²) in [6.07, 6.45) is 2.34. The molecule has 3 heteroatoms. The zero-order valence-corrected chi connectivity index (χ0v) is 14.1. The van der Waals surface area contributed by atoms with Gasteiger partial charge in [0.2, 0.25) is 0 Å². The van der Waals surface area contributed by atoms with Gasteiger partial charge in [-0.15, -0.1) is 0 Å². The summed E-state index contributed by atoms with van der Waals surface area (Å²) in [5, 5.41) is 0. The summed E-state index contributed by atoms with van der Waals surface area (Å²) in [5.41, 5.74) is 11.1.